The third-order valence-corrected chi connectivity index (χ3v) is 4.20. The predicted molar refractivity (Wildman–Crippen MR) is 70.3 cm³/mol. The number of nitrogens with two attached hydrogens (primary N) is 1. The van der Waals surface area contributed by atoms with Crippen LogP contribution >= 0.6 is 11.8 Å². The van der Waals surface area contributed by atoms with Gasteiger partial charge in [-0.1, -0.05) is 6.07 Å². The molecule has 0 bridgehead atoms. The average Bonchev–Trinajstić information content (AvgIpc) is 2.35. The summed E-state index contributed by atoms with van der Waals surface area (Å²) in [7, 11) is -3.48. The summed E-state index contributed by atoms with van der Waals surface area (Å²) in [5.74, 6) is 0.933. The second kappa shape index (κ2) is 6.95. The maximum absolute atomic E-state index is 11.8. The van der Waals surface area contributed by atoms with E-state index in [2.05, 4.69) is 9.71 Å². The molecule has 0 aromatic carbocycles. The largest absolute Gasteiger partial charge is 0.326 e. The van der Waals surface area contributed by atoms with E-state index in [1.807, 2.05) is 6.26 Å². The van der Waals surface area contributed by atoms with Gasteiger partial charge in [-0.3, -0.25) is 0 Å². The SMILES string of the molecule is CSCCCNS(=O)(=O)c1ccc(CN)cn1. The van der Waals surface area contributed by atoms with Crippen LogP contribution in [0.1, 0.15) is 12.0 Å². The van der Waals surface area contributed by atoms with Crippen LogP contribution in [0.15, 0.2) is 23.4 Å². The first-order chi connectivity index (χ1) is 8.10. The predicted octanol–water partition coefficient (Wildman–Crippen LogP) is 0.572. The van der Waals surface area contributed by atoms with E-state index >= 15 is 0 Å². The molecule has 0 saturated carbocycles. The van der Waals surface area contributed by atoms with Gasteiger partial charge in [-0.25, -0.2) is 18.1 Å². The number of rotatable bonds is 7. The third kappa shape index (κ3) is 4.63. The zero-order valence-electron chi connectivity index (χ0n) is 9.72. The van der Waals surface area contributed by atoms with E-state index < -0.39 is 10.0 Å². The van der Waals surface area contributed by atoms with Crippen LogP contribution in [0.3, 0.4) is 0 Å². The molecule has 17 heavy (non-hydrogen) atoms. The Hall–Kier alpha value is -0.630. The van der Waals surface area contributed by atoms with E-state index in [0.29, 0.717) is 13.1 Å². The standard InChI is InChI=1S/C10H17N3O2S2/c1-16-6-2-5-13-17(14,15)10-4-3-9(7-11)8-12-10/h3-4,8,13H,2,5-7,11H2,1H3. The summed E-state index contributed by atoms with van der Waals surface area (Å²) < 4.78 is 26.1. The molecule has 0 atom stereocenters. The molecule has 1 heterocycles. The molecule has 0 unspecified atom stereocenters. The molecule has 7 heteroatoms. The quantitative estimate of drug-likeness (QED) is 0.711. The van der Waals surface area contributed by atoms with E-state index in [0.717, 1.165) is 17.7 Å². The molecular weight excluding hydrogens is 258 g/mol. The summed E-state index contributed by atoms with van der Waals surface area (Å²) in [6, 6.07) is 3.14. The molecule has 96 valence electrons. The van der Waals surface area contributed by atoms with Crippen LogP contribution in [-0.4, -0.2) is 32.0 Å². The van der Waals surface area contributed by atoms with Gasteiger partial charge < -0.3 is 5.73 Å². The van der Waals surface area contributed by atoms with Crippen molar-refractivity contribution in [1.82, 2.24) is 9.71 Å². The molecule has 0 aliphatic heterocycles. The fraction of sp³-hybridized carbons (Fsp3) is 0.500. The lowest BCUT2D eigenvalue weighted by molar-refractivity contribution is 0.577. The van der Waals surface area contributed by atoms with Crippen molar-refractivity contribution in [3.63, 3.8) is 0 Å². The number of nitrogens with zero attached hydrogens (tertiary/aromatic N) is 1. The molecule has 0 aliphatic carbocycles. The lowest BCUT2D eigenvalue weighted by Gasteiger charge is -2.05. The Balaban J connectivity index is 2.62. The van der Waals surface area contributed by atoms with Gasteiger partial charge in [0.1, 0.15) is 0 Å². The van der Waals surface area contributed by atoms with Crippen LogP contribution in [0.25, 0.3) is 0 Å². The number of hydrogen-bond donors (Lipinski definition) is 2. The molecule has 5 nitrogen and oxygen atoms in total. The van der Waals surface area contributed by atoms with Crippen LogP contribution in [-0.2, 0) is 16.6 Å². The molecule has 0 amide bonds. The first kappa shape index (κ1) is 14.4. The highest BCUT2D eigenvalue weighted by Gasteiger charge is 2.14. The number of nitrogens with one attached hydrogen (secondary N) is 1. The van der Waals surface area contributed by atoms with Crippen molar-refractivity contribution < 1.29 is 8.42 Å². The molecule has 1 rings (SSSR count). The number of pyridine rings is 1. The molecule has 0 radical (unpaired) electrons. The smallest absolute Gasteiger partial charge is 0.258 e. The van der Waals surface area contributed by atoms with Crippen molar-refractivity contribution in [2.24, 2.45) is 5.73 Å². The molecule has 0 saturated heterocycles. The van der Waals surface area contributed by atoms with Crippen molar-refractivity contribution >= 4 is 21.8 Å². The fourth-order valence-electron chi connectivity index (χ4n) is 1.19. The lowest BCUT2D eigenvalue weighted by Crippen LogP contribution is -2.26. The molecule has 3 N–H and O–H groups in total. The van der Waals surface area contributed by atoms with Crippen molar-refractivity contribution in [1.29, 1.82) is 0 Å². The maximum Gasteiger partial charge on any atom is 0.258 e. The number of hydrogen-bond acceptors (Lipinski definition) is 5. The summed E-state index contributed by atoms with van der Waals surface area (Å²) in [6.07, 6.45) is 4.28. The Bertz CT molecular complexity index is 431. The van der Waals surface area contributed by atoms with Crippen molar-refractivity contribution in [3.05, 3.63) is 23.9 Å². The maximum atomic E-state index is 11.8. The Morgan fingerprint density at radius 2 is 2.24 bits per heavy atom. The number of aromatic nitrogens is 1. The Kier molecular flexibility index (Phi) is 5.90. The molecule has 0 spiro atoms. The van der Waals surface area contributed by atoms with Gasteiger partial charge in [0.15, 0.2) is 5.03 Å². The first-order valence-corrected chi connectivity index (χ1v) is 8.11. The third-order valence-electron chi connectivity index (χ3n) is 2.13. The van der Waals surface area contributed by atoms with Crippen molar-refractivity contribution in [2.75, 3.05) is 18.6 Å². The van der Waals surface area contributed by atoms with Crippen molar-refractivity contribution in [2.45, 2.75) is 18.0 Å². The van der Waals surface area contributed by atoms with Gasteiger partial charge >= 0.3 is 0 Å². The Labute approximate surface area is 106 Å². The van der Waals surface area contributed by atoms with Gasteiger partial charge in [-0.2, -0.15) is 11.8 Å². The summed E-state index contributed by atoms with van der Waals surface area (Å²) in [6.45, 7) is 0.790. The van der Waals surface area contributed by atoms with Crippen LogP contribution < -0.4 is 10.5 Å². The Morgan fingerprint density at radius 1 is 1.47 bits per heavy atom. The summed E-state index contributed by atoms with van der Waals surface area (Å²) in [4.78, 5) is 3.88. The average molecular weight is 275 g/mol. The lowest BCUT2D eigenvalue weighted by atomic mass is 10.3. The zero-order chi connectivity index (χ0) is 12.7. The summed E-state index contributed by atoms with van der Waals surface area (Å²) >= 11 is 1.69. The Morgan fingerprint density at radius 3 is 2.76 bits per heavy atom. The highest BCUT2D eigenvalue weighted by Crippen LogP contribution is 2.06. The molecule has 1 aromatic heterocycles. The van der Waals surface area contributed by atoms with Gasteiger partial charge in [0, 0.05) is 19.3 Å². The topological polar surface area (TPSA) is 85.1 Å². The zero-order valence-corrected chi connectivity index (χ0v) is 11.4. The molecule has 0 fully saturated rings. The summed E-state index contributed by atoms with van der Waals surface area (Å²) in [5, 5.41) is 0.0406. The van der Waals surface area contributed by atoms with Gasteiger partial charge in [-0.15, -0.1) is 0 Å². The van der Waals surface area contributed by atoms with E-state index in [1.54, 1.807) is 17.8 Å². The molecule has 0 aliphatic rings. The molecular formula is C10H17N3O2S2. The van der Waals surface area contributed by atoms with E-state index in [1.165, 1.54) is 12.3 Å². The number of sulfonamides is 1. The van der Waals surface area contributed by atoms with Crippen LogP contribution in [0.4, 0.5) is 0 Å². The van der Waals surface area contributed by atoms with E-state index in [4.69, 9.17) is 5.73 Å². The van der Waals surface area contributed by atoms with Crippen molar-refractivity contribution in [3.8, 4) is 0 Å². The van der Waals surface area contributed by atoms with E-state index in [9.17, 15) is 8.42 Å². The van der Waals surface area contributed by atoms with Crippen LogP contribution in [0, 0.1) is 0 Å². The minimum atomic E-state index is -3.48. The van der Waals surface area contributed by atoms with Crippen LogP contribution in [0.5, 0.6) is 0 Å². The van der Waals surface area contributed by atoms with Gasteiger partial charge in [0.25, 0.3) is 10.0 Å². The second-order valence-electron chi connectivity index (χ2n) is 3.45. The van der Waals surface area contributed by atoms with Gasteiger partial charge in [0.05, 0.1) is 0 Å². The van der Waals surface area contributed by atoms with E-state index in [-0.39, 0.29) is 5.03 Å². The van der Waals surface area contributed by atoms with Crippen LogP contribution in [0.2, 0.25) is 0 Å². The highest BCUT2D eigenvalue weighted by atomic mass is 32.2. The highest BCUT2D eigenvalue weighted by molar-refractivity contribution is 7.98. The fourth-order valence-corrected chi connectivity index (χ4v) is 2.62. The monoisotopic (exact) mass is 275 g/mol. The minimum absolute atomic E-state index is 0.0406. The first-order valence-electron chi connectivity index (χ1n) is 5.24. The second-order valence-corrected chi connectivity index (χ2v) is 6.15. The summed E-state index contributed by atoms with van der Waals surface area (Å²) in [5.41, 5.74) is 6.23. The van der Waals surface area contributed by atoms with Gasteiger partial charge in [0.2, 0.25) is 0 Å². The number of thioether (sulfide) groups is 1. The minimum Gasteiger partial charge on any atom is -0.326 e. The molecule has 1 aromatic rings. The van der Waals surface area contributed by atoms with Gasteiger partial charge in [-0.05, 0) is 30.1 Å². The normalized spacial score (nSPS) is 11.6.